The molecule has 0 saturated heterocycles. The first-order valence-electron chi connectivity index (χ1n) is 6.04. The van der Waals surface area contributed by atoms with Crippen LogP contribution < -0.4 is 0 Å². The van der Waals surface area contributed by atoms with Crippen molar-refractivity contribution in [3.8, 4) is 0 Å². The number of ketones is 1. The van der Waals surface area contributed by atoms with Crippen molar-refractivity contribution in [2.45, 2.75) is 33.1 Å². The third kappa shape index (κ3) is 1.97. The summed E-state index contributed by atoms with van der Waals surface area (Å²) in [5.74, 6) is 1.70. The van der Waals surface area contributed by atoms with Crippen LogP contribution in [0.1, 0.15) is 33.1 Å². The van der Waals surface area contributed by atoms with Crippen LogP contribution in [0.5, 0.6) is 0 Å². The minimum absolute atomic E-state index is 0.0875. The van der Waals surface area contributed by atoms with E-state index < -0.39 is 0 Å². The Bertz CT molecular complexity index is 346. The summed E-state index contributed by atoms with van der Waals surface area (Å²) in [6, 6.07) is 0. The highest BCUT2D eigenvalue weighted by atomic mass is 32.2. The largest absolute Gasteiger partial charge is 0.295 e. The molecule has 0 spiro atoms. The first-order valence-corrected chi connectivity index (χ1v) is 7.03. The van der Waals surface area contributed by atoms with Gasteiger partial charge >= 0.3 is 0 Å². The Hall–Kier alpha value is -0.570. The summed E-state index contributed by atoms with van der Waals surface area (Å²) >= 11 is 1.37. The molecule has 1 saturated carbocycles. The first kappa shape index (κ1) is 11.9. The number of hydrogen-bond donors (Lipinski definition) is 0. The van der Waals surface area contributed by atoms with E-state index in [4.69, 9.17) is 0 Å². The quantitative estimate of drug-likeness (QED) is 0.758. The van der Waals surface area contributed by atoms with Gasteiger partial charge in [0, 0.05) is 5.57 Å². The van der Waals surface area contributed by atoms with E-state index in [1.165, 1.54) is 18.2 Å². The van der Waals surface area contributed by atoms with Gasteiger partial charge < -0.3 is 0 Å². The highest BCUT2D eigenvalue weighted by Gasteiger charge is 2.44. The van der Waals surface area contributed by atoms with Gasteiger partial charge in [0.2, 0.25) is 0 Å². The van der Waals surface area contributed by atoms with Crippen molar-refractivity contribution < 1.29 is 9.59 Å². The van der Waals surface area contributed by atoms with E-state index in [0.29, 0.717) is 11.8 Å². The maximum Gasteiger partial charge on any atom is 0.196 e. The fourth-order valence-electron chi connectivity index (χ4n) is 3.07. The highest BCUT2D eigenvalue weighted by molar-refractivity contribution is 8.13. The van der Waals surface area contributed by atoms with Crippen molar-refractivity contribution in [3.63, 3.8) is 0 Å². The SMILES string of the molecule is CCSC(=O)[C@@H]1C(C(C)=O)=C[C@H]2CCC[C@@H]12. The molecule has 0 amide bonds. The molecule has 2 nitrogen and oxygen atoms in total. The Balaban J connectivity index is 2.22. The van der Waals surface area contributed by atoms with Gasteiger partial charge in [0.25, 0.3) is 0 Å². The van der Waals surface area contributed by atoms with Crippen LogP contribution >= 0.6 is 11.8 Å². The molecule has 0 unspecified atom stereocenters. The van der Waals surface area contributed by atoms with E-state index in [1.807, 2.05) is 6.92 Å². The van der Waals surface area contributed by atoms with E-state index >= 15 is 0 Å². The molecule has 0 N–H and O–H groups in total. The highest BCUT2D eigenvalue weighted by Crippen LogP contribution is 2.48. The molecule has 2 rings (SSSR count). The van der Waals surface area contributed by atoms with Crippen molar-refractivity contribution >= 4 is 22.7 Å². The molecular weight excluding hydrogens is 220 g/mol. The molecule has 0 aliphatic heterocycles. The van der Waals surface area contributed by atoms with Crippen LogP contribution in [0.25, 0.3) is 0 Å². The second kappa shape index (κ2) is 4.74. The molecule has 1 fully saturated rings. The molecule has 0 aromatic rings. The topological polar surface area (TPSA) is 34.1 Å². The molecule has 2 aliphatic rings. The molecule has 2 aliphatic carbocycles. The monoisotopic (exact) mass is 238 g/mol. The molecule has 0 heterocycles. The lowest BCUT2D eigenvalue weighted by Gasteiger charge is -2.19. The van der Waals surface area contributed by atoms with E-state index in [9.17, 15) is 9.59 Å². The summed E-state index contributed by atoms with van der Waals surface area (Å²) in [6.45, 7) is 3.57. The Morgan fingerprint density at radius 1 is 1.44 bits per heavy atom. The van der Waals surface area contributed by atoms with Gasteiger partial charge in [0.1, 0.15) is 0 Å². The van der Waals surface area contributed by atoms with Crippen molar-refractivity contribution in [3.05, 3.63) is 11.6 Å². The number of carbonyl (C=O) groups excluding carboxylic acids is 2. The van der Waals surface area contributed by atoms with E-state index in [1.54, 1.807) is 6.92 Å². The molecule has 0 aromatic heterocycles. The van der Waals surface area contributed by atoms with Crippen LogP contribution in [0.2, 0.25) is 0 Å². The summed E-state index contributed by atoms with van der Waals surface area (Å²) in [5, 5.41) is 0.207. The van der Waals surface area contributed by atoms with E-state index in [2.05, 4.69) is 6.08 Å². The van der Waals surface area contributed by atoms with Crippen molar-refractivity contribution in [2.75, 3.05) is 5.75 Å². The fraction of sp³-hybridized carbons (Fsp3) is 0.692. The second-order valence-corrected chi connectivity index (χ2v) is 5.93. The van der Waals surface area contributed by atoms with Gasteiger partial charge in [-0.3, -0.25) is 9.59 Å². The number of rotatable bonds is 3. The molecule has 0 radical (unpaired) electrons. The van der Waals surface area contributed by atoms with Gasteiger partial charge in [0.15, 0.2) is 10.9 Å². The first-order chi connectivity index (χ1) is 7.65. The zero-order valence-corrected chi connectivity index (χ0v) is 10.7. The number of carbonyl (C=O) groups is 2. The van der Waals surface area contributed by atoms with Crippen LogP contribution in [0.3, 0.4) is 0 Å². The smallest absolute Gasteiger partial charge is 0.196 e. The van der Waals surface area contributed by atoms with Gasteiger partial charge in [-0.2, -0.15) is 0 Å². The summed E-state index contributed by atoms with van der Waals surface area (Å²) < 4.78 is 0. The molecule has 0 bridgehead atoms. The predicted molar refractivity (Wildman–Crippen MR) is 66.2 cm³/mol. The molecule has 3 heteroatoms. The predicted octanol–water partition coefficient (Wildman–Crippen LogP) is 2.83. The summed E-state index contributed by atoms with van der Waals surface area (Å²) in [6.07, 6.45) is 5.55. The van der Waals surface area contributed by atoms with Crippen molar-refractivity contribution in [2.24, 2.45) is 17.8 Å². The van der Waals surface area contributed by atoms with Crippen LogP contribution in [0.15, 0.2) is 11.6 Å². The van der Waals surface area contributed by atoms with Crippen molar-refractivity contribution in [1.29, 1.82) is 0 Å². The standard InChI is InChI=1S/C13H18O2S/c1-3-16-13(15)12-10-6-4-5-9(10)7-11(12)8(2)14/h7,9-10,12H,3-6H2,1-2H3/t9-,10-,12+/m1/s1. The molecule has 88 valence electrons. The third-order valence-corrected chi connectivity index (χ3v) is 4.56. The third-order valence-electron chi connectivity index (χ3n) is 3.73. The molecule has 3 atom stereocenters. The Kier molecular flexibility index (Phi) is 3.53. The number of hydrogen-bond acceptors (Lipinski definition) is 3. The number of fused-ring (bicyclic) bond motifs is 1. The van der Waals surface area contributed by atoms with Crippen LogP contribution in [-0.2, 0) is 9.59 Å². The van der Waals surface area contributed by atoms with Gasteiger partial charge in [-0.15, -0.1) is 0 Å². The number of thioether (sulfide) groups is 1. The van der Waals surface area contributed by atoms with Crippen LogP contribution in [0.4, 0.5) is 0 Å². The molecular formula is C13H18O2S. The Morgan fingerprint density at radius 2 is 2.19 bits per heavy atom. The number of Topliss-reactive ketones (excluding diaryl/α,β-unsaturated/α-hetero) is 1. The summed E-state index contributed by atoms with van der Waals surface area (Å²) in [5.41, 5.74) is 0.792. The normalized spacial score (nSPS) is 32.4. The van der Waals surface area contributed by atoms with Crippen LogP contribution in [0, 0.1) is 17.8 Å². The Morgan fingerprint density at radius 3 is 2.81 bits per heavy atom. The lowest BCUT2D eigenvalue weighted by molar-refractivity contribution is -0.119. The van der Waals surface area contributed by atoms with Gasteiger partial charge in [0.05, 0.1) is 5.92 Å². The fourth-order valence-corrected chi connectivity index (χ4v) is 3.84. The average Bonchev–Trinajstić information content (AvgIpc) is 2.75. The zero-order valence-electron chi connectivity index (χ0n) is 9.86. The van der Waals surface area contributed by atoms with E-state index in [-0.39, 0.29) is 16.8 Å². The van der Waals surface area contributed by atoms with Crippen molar-refractivity contribution in [1.82, 2.24) is 0 Å². The average molecular weight is 238 g/mol. The maximum atomic E-state index is 12.1. The molecule has 16 heavy (non-hydrogen) atoms. The Labute approximate surface area is 101 Å². The number of allylic oxidation sites excluding steroid dienone is 2. The minimum atomic E-state index is -0.102. The zero-order chi connectivity index (χ0) is 11.7. The summed E-state index contributed by atoms with van der Waals surface area (Å²) in [7, 11) is 0. The molecule has 0 aromatic carbocycles. The van der Waals surface area contributed by atoms with Crippen LogP contribution in [-0.4, -0.2) is 16.7 Å². The lowest BCUT2D eigenvalue weighted by Crippen LogP contribution is -2.23. The second-order valence-electron chi connectivity index (χ2n) is 4.67. The lowest BCUT2D eigenvalue weighted by atomic mass is 9.88. The van der Waals surface area contributed by atoms with E-state index in [0.717, 1.165) is 24.2 Å². The summed E-state index contributed by atoms with van der Waals surface area (Å²) in [4.78, 5) is 23.6. The van der Waals surface area contributed by atoms with Gasteiger partial charge in [-0.1, -0.05) is 31.2 Å². The minimum Gasteiger partial charge on any atom is -0.295 e. The maximum absolute atomic E-state index is 12.1. The van der Waals surface area contributed by atoms with Gasteiger partial charge in [-0.05, 0) is 37.4 Å². The van der Waals surface area contributed by atoms with Gasteiger partial charge in [-0.25, -0.2) is 0 Å².